The minimum absolute atomic E-state index is 0.0326. The van der Waals surface area contributed by atoms with Gasteiger partial charge in [-0.2, -0.15) is 4.58 Å². The number of anilines is 1. The summed E-state index contributed by atoms with van der Waals surface area (Å²) >= 11 is 0. The molecule has 3 aromatic carbocycles. The first-order valence-electron chi connectivity index (χ1n) is 22.0. The van der Waals surface area contributed by atoms with Crippen LogP contribution in [0.5, 0.6) is 5.75 Å². The van der Waals surface area contributed by atoms with Crippen molar-refractivity contribution in [1.29, 1.82) is 0 Å². The number of hydroxylamine groups is 2. The summed E-state index contributed by atoms with van der Waals surface area (Å²) in [5.74, 6) is -0.193. The molecule has 0 spiro atoms. The molecule has 0 unspecified atom stereocenters. The maximum absolute atomic E-state index is 12.4. The lowest BCUT2D eigenvalue weighted by Crippen LogP contribution is -2.46. The van der Waals surface area contributed by atoms with E-state index >= 15 is 0 Å². The van der Waals surface area contributed by atoms with E-state index in [-0.39, 0.29) is 29.7 Å². The zero-order valence-electron chi connectivity index (χ0n) is 37.9. The molecule has 342 valence electrons. The first-order chi connectivity index (χ1) is 31.0. The van der Waals surface area contributed by atoms with Gasteiger partial charge in [-0.25, -0.2) is 13.2 Å². The van der Waals surface area contributed by atoms with Gasteiger partial charge in [0.25, 0.3) is 11.8 Å². The third-order valence-electron chi connectivity index (χ3n) is 12.2. The van der Waals surface area contributed by atoms with Crippen LogP contribution in [-0.2, 0) is 44.2 Å². The third-order valence-corrected chi connectivity index (χ3v) is 13.0. The van der Waals surface area contributed by atoms with Gasteiger partial charge in [-0.15, -0.1) is 5.06 Å². The topological polar surface area (TPSA) is 155 Å². The van der Waals surface area contributed by atoms with Gasteiger partial charge < -0.3 is 28.5 Å². The molecule has 0 bridgehead atoms. The van der Waals surface area contributed by atoms with Crippen LogP contribution in [0.4, 0.5) is 11.4 Å². The number of unbranched alkanes of at least 4 members (excludes halogenated alkanes) is 2. The number of imide groups is 1. The molecule has 1 fully saturated rings. The molecule has 0 aliphatic carbocycles. The third kappa shape index (κ3) is 10.5. The number of hydrogen-bond donors (Lipinski definition) is 0. The summed E-state index contributed by atoms with van der Waals surface area (Å²) in [6.45, 7) is 13.4. The zero-order chi connectivity index (χ0) is 46.5. The molecule has 4 aliphatic heterocycles. The van der Waals surface area contributed by atoms with E-state index in [0.29, 0.717) is 62.8 Å². The molecule has 65 heavy (non-hydrogen) atoms. The fourth-order valence-corrected chi connectivity index (χ4v) is 9.41. The monoisotopic (exact) mass is 903 g/mol. The van der Waals surface area contributed by atoms with Gasteiger partial charge in [0.15, 0.2) is 5.71 Å². The molecule has 0 saturated carbocycles. The average Bonchev–Trinajstić information content (AvgIpc) is 3.69. The van der Waals surface area contributed by atoms with E-state index in [9.17, 15) is 27.4 Å². The Morgan fingerprint density at radius 2 is 1.66 bits per heavy atom. The molecular weight excluding hydrogens is 847 g/mol. The Kier molecular flexibility index (Phi) is 14.2. The second kappa shape index (κ2) is 19.7. The van der Waals surface area contributed by atoms with Gasteiger partial charge in [0, 0.05) is 85.5 Å². The van der Waals surface area contributed by atoms with E-state index in [0.717, 1.165) is 50.9 Å². The molecule has 13 nitrogen and oxygen atoms in total. The second-order valence-corrected chi connectivity index (χ2v) is 19.0. The normalized spacial score (nSPS) is 18.3. The van der Waals surface area contributed by atoms with Crippen molar-refractivity contribution in [2.24, 2.45) is 0 Å². The standard InChI is InChI=1S/C51H57N3O10S/c1-35-34-50(2,3)53(26-27-62-29-28-61-6)43-33-45-40(32-39(35)43)37(30-44(63-45)36-16-10-7-11-17-36)18-12-8-13-19-46-51(4,5)41-31-38(65(58,59)60)21-22-42(41)52(46)25-15-9-14-20-49(57)64-54-47(55)23-24-48(54)56/h7-8,10-13,16-19,21-22,30-34H,9,14-15,20,23-29H2,1-6H3. The van der Waals surface area contributed by atoms with Crippen molar-refractivity contribution in [3.8, 4) is 5.75 Å². The van der Waals surface area contributed by atoms with Gasteiger partial charge in [0.1, 0.15) is 28.2 Å². The summed E-state index contributed by atoms with van der Waals surface area (Å²) in [5, 5.41) is 0.560. The molecule has 0 aromatic heterocycles. The Labute approximate surface area is 381 Å². The molecule has 3 aromatic rings. The van der Waals surface area contributed by atoms with Crippen molar-refractivity contribution >= 4 is 61.9 Å². The zero-order valence-corrected chi connectivity index (χ0v) is 38.7. The van der Waals surface area contributed by atoms with Gasteiger partial charge >= 0.3 is 5.97 Å². The Morgan fingerprint density at radius 1 is 0.908 bits per heavy atom. The number of methoxy groups -OCH3 is 1. The first-order valence-corrected chi connectivity index (χ1v) is 23.4. The molecule has 0 atom stereocenters. The molecule has 14 heteroatoms. The van der Waals surface area contributed by atoms with Crippen molar-refractivity contribution in [2.75, 3.05) is 44.9 Å². The van der Waals surface area contributed by atoms with Crippen LogP contribution >= 0.6 is 0 Å². The lowest BCUT2D eigenvalue weighted by Gasteiger charge is -2.44. The highest BCUT2D eigenvalue weighted by molar-refractivity contribution is 7.85. The largest absolute Gasteiger partial charge is 0.744 e. The van der Waals surface area contributed by atoms with Crippen molar-refractivity contribution in [3.63, 3.8) is 0 Å². The number of allylic oxidation sites excluding steroid dienone is 8. The molecule has 2 amide bonds. The lowest BCUT2D eigenvalue weighted by atomic mass is 9.81. The van der Waals surface area contributed by atoms with Crippen LogP contribution in [0.25, 0.3) is 16.9 Å². The van der Waals surface area contributed by atoms with Crippen LogP contribution < -0.4 is 9.64 Å². The van der Waals surface area contributed by atoms with Crippen LogP contribution in [0.1, 0.15) is 95.4 Å². The number of carbonyl (C=O) groups excluding carboxylic acids is 3. The average molecular weight is 904 g/mol. The van der Waals surface area contributed by atoms with E-state index in [1.807, 2.05) is 68.5 Å². The van der Waals surface area contributed by atoms with Crippen LogP contribution in [0, 0.1) is 0 Å². The Bertz CT molecular complexity index is 2640. The maximum Gasteiger partial charge on any atom is 0.333 e. The van der Waals surface area contributed by atoms with Crippen LogP contribution in [0.3, 0.4) is 0 Å². The van der Waals surface area contributed by atoms with E-state index in [2.05, 4.69) is 60.6 Å². The molecule has 1 saturated heterocycles. The van der Waals surface area contributed by atoms with E-state index in [1.54, 1.807) is 13.2 Å². The fraction of sp³-hybridized carbons (Fsp3) is 0.373. The minimum Gasteiger partial charge on any atom is -0.744 e. The lowest BCUT2D eigenvalue weighted by molar-refractivity contribution is -0.438. The quantitative estimate of drug-likeness (QED) is 0.0397. The number of amides is 2. The van der Waals surface area contributed by atoms with Gasteiger partial charge in [0.05, 0.1) is 35.7 Å². The highest BCUT2D eigenvalue weighted by atomic mass is 32.2. The number of nitrogens with zero attached hydrogens (tertiary/aromatic N) is 3. The summed E-state index contributed by atoms with van der Waals surface area (Å²) in [5.41, 5.74) is 7.77. The Morgan fingerprint density at radius 3 is 2.38 bits per heavy atom. The predicted octanol–water partition coefficient (Wildman–Crippen LogP) is 8.43. The number of hydrogen-bond acceptors (Lipinski definition) is 11. The Hall–Kier alpha value is -5.93. The minimum atomic E-state index is -4.69. The molecule has 4 aliphatic rings. The first kappa shape index (κ1) is 47.0. The smallest absolute Gasteiger partial charge is 0.333 e. The van der Waals surface area contributed by atoms with E-state index < -0.39 is 33.3 Å². The summed E-state index contributed by atoms with van der Waals surface area (Å²) in [7, 11) is -3.02. The van der Waals surface area contributed by atoms with E-state index in [4.69, 9.17) is 19.0 Å². The number of fused-ring (bicyclic) bond motifs is 3. The van der Waals surface area contributed by atoms with Gasteiger partial charge in [0.2, 0.25) is 5.69 Å². The molecule has 7 rings (SSSR count). The summed E-state index contributed by atoms with van der Waals surface area (Å²) in [6.07, 6.45) is 16.2. The van der Waals surface area contributed by atoms with Gasteiger partial charge in [-0.3, -0.25) is 9.59 Å². The highest BCUT2D eigenvalue weighted by Gasteiger charge is 2.44. The summed E-state index contributed by atoms with van der Waals surface area (Å²) in [6, 6.07) is 18.8. The van der Waals surface area contributed by atoms with E-state index in [1.165, 1.54) is 17.7 Å². The highest BCUT2D eigenvalue weighted by Crippen LogP contribution is 2.47. The number of benzene rings is 3. The molecule has 0 N–H and O–H groups in total. The summed E-state index contributed by atoms with van der Waals surface area (Å²) < 4.78 is 56.1. The summed E-state index contributed by atoms with van der Waals surface area (Å²) in [4.78, 5) is 43.2. The van der Waals surface area contributed by atoms with Gasteiger partial charge in [-0.1, -0.05) is 60.7 Å². The van der Waals surface area contributed by atoms with Crippen LogP contribution in [0.15, 0.2) is 108 Å². The second-order valence-electron chi connectivity index (χ2n) is 17.6. The van der Waals surface area contributed by atoms with Crippen molar-refractivity contribution in [2.45, 2.75) is 89.0 Å². The molecule has 4 heterocycles. The number of ether oxygens (including phenoxy) is 3. The SMILES string of the molecule is COCCOCCN1c2cc3c(cc2C(C)=CC1(C)C)/C(=C/C=C/C=C/C1=[N+](CCCCCC(=O)ON2C(=O)CCC2=O)c2ccc(S(=O)(=O)[O-])cc2C1(C)C)C=C(c1ccccc1)O3. The molecular formula is C51H57N3O10S. The predicted molar refractivity (Wildman–Crippen MR) is 248 cm³/mol. The van der Waals surface area contributed by atoms with Crippen LogP contribution in [0.2, 0.25) is 0 Å². The van der Waals surface area contributed by atoms with Crippen molar-refractivity contribution in [1.82, 2.24) is 5.06 Å². The van der Waals surface area contributed by atoms with Gasteiger partial charge in [-0.05, 0) is 82.9 Å². The number of rotatable bonds is 18. The van der Waals surface area contributed by atoms with Crippen LogP contribution in [-0.4, -0.2) is 91.7 Å². The molecule has 0 radical (unpaired) electrons. The van der Waals surface area contributed by atoms with Crippen molar-refractivity contribution in [3.05, 3.63) is 125 Å². The number of carbonyl (C=O) groups is 3. The van der Waals surface area contributed by atoms with Crippen molar-refractivity contribution < 1.29 is 51.0 Å². The fourth-order valence-electron chi connectivity index (χ4n) is 8.91. The Balaban J connectivity index is 1.15. The maximum atomic E-state index is 12.4.